The Kier molecular flexibility index (Phi) is 4.45. The van der Waals surface area contributed by atoms with Crippen LogP contribution in [-0.2, 0) is 4.74 Å². The van der Waals surface area contributed by atoms with Crippen LogP contribution in [0.3, 0.4) is 0 Å². The van der Waals surface area contributed by atoms with Crippen molar-refractivity contribution in [1.29, 1.82) is 0 Å². The topological polar surface area (TPSA) is 26.3 Å². The Morgan fingerprint density at radius 1 is 1.28 bits per heavy atom. The molecule has 1 aromatic carbocycles. The van der Waals surface area contributed by atoms with Crippen LogP contribution in [0.5, 0.6) is 0 Å². The molecule has 18 heavy (non-hydrogen) atoms. The first-order chi connectivity index (χ1) is 8.20. The van der Waals surface area contributed by atoms with E-state index >= 15 is 0 Å². The number of ether oxygens (including phenoxy) is 1. The Hall–Kier alpha value is -1.43. The summed E-state index contributed by atoms with van der Waals surface area (Å²) in [7, 11) is 0. The maximum Gasteiger partial charge on any atom is 0.411 e. The summed E-state index contributed by atoms with van der Waals surface area (Å²) in [5.74, 6) is -1.54. The average molecular weight is 264 g/mol. The van der Waals surface area contributed by atoms with Crippen molar-refractivity contribution in [2.24, 2.45) is 0 Å². The first kappa shape index (κ1) is 14.6. The van der Waals surface area contributed by atoms with Crippen LogP contribution in [0.2, 0.25) is 0 Å². The molecule has 0 aliphatic carbocycles. The van der Waals surface area contributed by atoms with Gasteiger partial charge in [0.1, 0.15) is 19.0 Å². The lowest BCUT2D eigenvalue weighted by atomic mass is 10.0. The van der Waals surface area contributed by atoms with E-state index < -0.39 is 31.0 Å². The Labute approximate surface area is 102 Å². The lowest BCUT2D eigenvalue weighted by Gasteiger charge is -2.09. The fourth-order valence-corrected chi connectivity index (χ4v) is 1.60. The molecule has 0 amide bonds. The van der Waals surface area contributed by atoms with Gasteiger partial charge in [-0.2, -0.15) is 13.2 Å². The van der Waals surface area contributed by atoms with Crippen LogP contribution in [0.1, 0.15) is 21.5 Å². The summed E-state index contributed by atoms with van der Waals surface area (Å²) >= 11 is 0. The largest absolute Gasteiger partial charge is 0.411 e. The van der Waals surface area contributed by atoms with Crippen molar-refractivity contribution < 1.29 is 27.1 Å². The Morgan fingerprint density at radius 2 is 1.89 bits per heavy atom. The number of benzene rings is 1. The summed E-state index contributed by atoms with van der Waals surface area (Å²) in [4.78, 5) is 11.6. The van der Waals surface area contributed by atoms with E-state index in [-0.39, 0.29) is 5.56 Å². The van der Waals surface area contributed by atoms with E-state index in [1.165, 1.54) is 6.92 Å². The minimum atomic E-state index is -4.50. The normalized spacial score (nSPS) is 11.7. The van der Waals surface area contributed by atoms with E-state index in [1.54, 1.807) is 13.0 Å². The van der Waals surface area contributed by atoms with Crippen LogP contribution in [-0.4, -0.2) is 25.2 Å². The summed E-state index contributed by atoms with van der Waals surface area (Å²) in [6, 6.07) is 2.74. The third kappa shape index (κ3) is 4.10. The second kappa shape index (κ2) is 5.48. The van der Waals surface area contributed by atoms with Gasteiger partial charge in [-0.1, -0.05) is 6.07 Å². The Bertz CT molecular complexity index is 429. The number of carbonyl (C=O) groups is 1. The molecule has 0 unspecified atom stereocenters. The van der Waals surface area contributed by atoms with E-state index in [1.807, 2.05) is 0 Å². The van der Waals surface area contributed by atoms with Crippen LogP contribution in [0.15, 0.2) is 12.1 Å². The number of hydrogen-bond donors (Lipinski definition) is 0. The number of alkyl halides is 3. The van der Waals surface area contributed by atoms with Crippen LogP contribution >= 0.6 is 0 Å². The summed E-state index contributed by atoms with van der Waals surface area (Å²) in [6.45, 7) is 0.864. The van der Waals surface area contributed by atoms with E-state index in [0.717, 1.165) is 6.07 Å². The lowest BCUT2D eigenvalue weighted by molar-refractivity contribution is -0.170. The van der Waals surface area contributed by atoms with Crippen molar-refractivity contribution in [2.45, 2.75) is 20.0 Å². The van der Waals surface area contributed by atoms with E-state index in [2.05, 4.69) is 4.74 Å². The summed E-state index contributed by atoms with van der Waals surface area (Å²) in [5.41, 5.74) is 0.800. The van der Waals surface area contributed by atoms with Gasteiger partial charge < -0.3 is 4.74 Å². The molecule has 0 radical (unpaired) electrons. The van der Waals surface area contributed by atoms with Crippen molar-refractivity contribution in [3.8, 4) is 0 Å². The number of aryl methyl sites for hydroxylation is 2. The third-order valence-electron chi connectivity index (χ3n) is 2.21. The number of carbonyl (C=O) groups excluding carboxylic acids is 1. The molecule has 0 aliphatic rings. The van der Waals surface area contributed by atoms with Gasteiger partial charge in [0.15, 0.2) is 5.78 Å². The van der Waals surface area contributed by atoms with Crippen molar-refractivity contribution in [2.75, 3.05) is 13.2 Å². The molecule has 1 aromatic rings. The predicted molar refractivity (Wildman–Crippen MR) is 57.1 cm³/mol. The van der Waals surface area contributed by atoms with Crippen LogP contribution in [0, 0.1) is 19.7 Å². The van der Waals surface area contributed by atoms with Gasteiger partial charge in [-0.3, -0.25) is 4.79 Å². The maximum absolute atomic E-state index is 13.5. The predicted octanol–water partition coefficient (Wildman–Crippen LogP) is 3.20. The standard InChI is InChI=1S/C12H12F4O2/c1-7-3-8(2)11(9(13)4-7)10(17)5-18-6-12(14,15)16/h3-4H,5-6H2,1-2H3. The average Bonchev–Trinajstić information content (AvgIpc) is 2.13. The molecule has 2 nitrogen and oxygen atoms in total. The second-order valence-electron chi connectivity index (χ2n) is 3.97. The summed E-state index contributed by atoms with van der Waals surface area (Å²) < 4.78 is 53.2. The van der Waals surface area contributed by atoms with Gasteiger partial charge in [-0.25, -0.2) is 4.39 Å². The molecule has 0 aliphatic heterocycles. The van der Waals surface area contributed by atoms with Crippen LogP contribution in [0.25, 0.3) is 0 Å². The lowest BCUT2D eigenvalue weighted by Crippen LogP contribution is -2.21. The van der Waals surface area contributed by atoms with Crippen molar-refractivity contribution in [3.05, 3.63) is 34.6 Å². The maximum atomic E-state index is 13.5. The molecule has 0 N–H and O–H groups in total. The molecule has 0 heterocycles. The van der Waals surface area contributed by atoms with Crippen molar-refractivity contribution in [1.82, 2.24) is 0 Å². The molecule has 0 saturated heterocycles. The van der Waals surface area contributed by atoms with Crippen LogP contribution in [0.4, 0.5) is 17.6 Å². The number of halogens is 4. The van der Waals surface area contributed by atoms with E-state index in [4.69, 9.17) is 0 Å². The molecule has 0 fully saturated rings. The number of ketones is 1. The van der Waals surface area contributed by atoms with Crippen molar-refractivity contribution >= 4 is 5.78 Å². The quantitative estimate of drug-likeness (QED) is 0.616. The summed E-state index contributed by atoms with van der Waals surface area (Å²) in [6.07, 6.45) is -4.50. The van der Waals surface area contributed by atoms with Gasteiger partial charge in [0, 0.05) is 0 Å². The molecule has 0 atom stereocenters. The van der Waals surface area contributed by atoms with Gasteiger partial charge in [-0.15, -0.1) is 0 Å². The molecule has 0 saturated carbocycles. The Morgan fingerprint density at radius 3 is 2.39 bits per heavy atom. The summed E-state index contributed by atoms with van der Waals surface area (Å²) in [5, 5.41) is 0. The number of rotatable bonds is 4. The van der Waals surface area contributed by atoms with Gasteiger partial charge in [0.05, 0.1) is 5.56 Å². The number of Topliss-reactive ketones (excluding diaryl/α,β-unsaturated/α-hetero) is 1. The minimum absolute atomic E-state index is 0.220. The molecule has 100 valence electrons. The first-order valence-electron chi connectivity index (χ1n) is 5.15. The van der Waals surface area contributed by atoms with Gasteiger partial charge >= 0.3 is 6.18 Å². The highest BCUT2D eigenvalue weighted by atomic mass is 19.4. The fraction of sp³-hybridized carbons (Fsp3) is 0.417. The van der Waals surface area contributed by atoms with Crippen molar-refractivity contribution in [3.63, 3.8) is 0 Å². The molecule has 0 bridgehead atoms. The molecular weight excluding hydrogens is 252 g/mol. The fourth-order valence-electron chi connectivity index (χ4n) is 1.60. The van der Waals surface area contributed by atoms with E-state index in [9.17, 15) is 22.4 Å². The molecule has 6 heteroatoms. The third-order valence-corrected chi connectivity index (χ3v) is 2.21. The molecular formula is C12H12F4O2. The zero-order valence-corrected chi connectivity index (χ0v) is 9.90. The minimum Gasteiger partial charge on any atom is -0.364 e. The van der Waals surface area contributed by atoms with Gasteiger partial charge in [0.2, 0.25) is 0 Å². The Balaban J connectivity index is 2.74. The highest BCUT2D eigenvalue weighted by Crippen LogP contribution is 2.18. The SMILES string of the molecule is Cc1cc(C)c(C(=O)COCC(F)(F)F)c(F)c1. The monoisotopic (exact) mass is 264 g/mol. The van der Waals surface area contributed by atoms with Crippen LogP contribution < -0.4 is 0 Å². The molecule has 0 aromatic heterocycles. The zero-order valence-electron chi connectivity index (χ0n) is 9.90. The first-order valence-corrected chi connectivity index (χ1v) is 5.15. The molecule has 1 rings (SSSR count). The smallest absolute Gasteiger partial charge is 0.364 e. The van der Waals surface area contributed by atoms with E-state index in [0.29, 0.717) is 11.1 Å². The zero-order chi connectivity index (χ0) is 13.9. The van der Waals surface area contributed by atoms with Gasteiger partial charge in [0.25, 0.3) is 0 Å². The second-order valence-corrected chi connectivity index (χ2v) is 3.97. The highest BCUT2D eigenvalue weighted by molar-refractivity contribution is 5.98. The number of hydrogen-bond acceptors (Lipinski definition) is 2. The van der Waals surface area contributed by atoms with Gasteiger partial charge in [-0.05, 0) is 31.0 Å². The molecule has 0 spiro atoms. The highest BCUT2D eigenvalue weighted by Gasteiger charge is 2.28.